The van der Waals surface area contributed by atoms with E-state index in [1.165, 1.54) is 6.07 Å². The first-order chi connectivity index (χ1) is 13.1. The van der Waals surface area contributed by atoms with E-state index in [-0.39, 0.29) is 13.2 Å². The Balaban J connectivity index is 1.65. The van der Waals surface area contributed by atoms with E-state index in [1.807, 2.05) is 32.0 Å². The lowest BCUT2D eigenvalue weighted by Gasteiger charge is -2.11. The molecule has 0 saturated heterocycles. The Bertz CT molecular complexity index is 1000. The SMILES string of the molecule is CCOc1ccccc1OCC(=O)OCc1cc(=O)oc2cc(C)ccc12. The summed E-state index contributed by atoms with van der Waals surface area (Å²) in [6.07, 6.45) is 0. The summed E-state index contributed by atoms with van der Waals surface area (Å²) < 4.78 is 21.4. The predicted octanol–water partition coefficient (Wildman–Crippen LogP) is 3.62. The molecule has 1 aromatic heterocycles. The van der Waals surface area contributed by atoms with Crippen LogP contribution in [0.4, 0.5) is 0 Å². The molecule has 1 heterocycles. The molecule has 0 amide bonds. The Labute approximate surface area is 156 Å². The van der Waals surface area contributed by atoms with Crippen molar-refractivity contribution >= 4 is 16.9 Å². The van der Waals surface area contributed by atoms with Crippen molar-refractivity contribution in [3.63, 3.8) is 0 Å². The molecule has 0 spiro atoms. The highest BCUT2D eigenvalue weighted by molar-refractivity contribution is 5.81. The fraction of sp³-hybridized carbons (Fsp3) is 0.238. The van der Waals surface area contributed by atoms with Gasteiger partial charge in [0.1, 0.15) is 12.2 Å². The molecular formula is C21H20O6. The molecule has 140 valence electrons. The Morgan fingerprint density at radius 2 is 1.78 bits per heavy atom. The third kappa shape index (κ3) is 4.67. The van der Waals surface area contributed by atoms with Crippen molar-refractivity contribution in [2.45, 2.75) is 20.5 Å². The summed E-state index contributed by atoms with van der Waals surface area (Å²) in [5.41, 5.74) is 1.54. The zero-order valence-corrected chi connectivity index (χ0v) is 15.2. The highest BCUT2D eigenvalue weighted by Gasteiger charge is 2.11. The van der Waals surface area contributed by atoms with Crippen LogP contribution >= 0.6 is 0 Å². The maximum Gasteiger partial charge on any atom is 0.344 e. The largest absolute Gasteiger partial charge is 0.490 e. The number of esters is 1. The Morgan fingerprint density at radius 3 is 2.52 bits per heavy atom. The smallest absolute Gasteiger partial charge is 0.344 e. The van der Waals surface area contributed by atoms with Crippen LogP contribution in [0.5, 0.6) is 11.5 Å². The molecule has 2 aromatic carbocycles. The van der Waals surface area contributed by atoms with E-state index < -0.39 is 11.6 Å². The third-order valence-electron chi connectivity index (χ3n) is 3.87. The van der Waals surface area contributed by atoms with Crippen molar-refractivity contribution in [2.75, 3.05) is 13.2 Å². The number of carbonyl (C=O) groups is 1. The van der Waals surface area contributed by atoms with E-state index in [9.17, 15) is 9.59 Å². The van der Waals surface area contributed by atoms with Crippen molar-refractivity contribution in [3.05, 3.63) is 70.1 Å². The van der Waals surface area contributed by atoms with Gasteiger partial charge in [-0.3, -0.25) is 0 Å². The number of fused-ring (bicyclic) bond motifs is 1. The third-order valence-corrected chi connectivity index (χ3v) is 3.87. The van der Waals surface area contributed by atoms with Gasteiger partial charge in [0.2, 0.25) is 0 Å². The molecule has 0 atom stereocenters. The average Bonchev–Trinajstić information content (AvgIpc) is 2.65. The van der Waals surface area contributed by atoms with Crippen LogP contribution in [0.1, 0.15) is 18.1 Å². The standard InChI is InChI=1S/C21H20O6/c1-3-24-17-6-4-5-7-18(17)25-13-21(23)26-12-15-11-20(22)27-19-10-14(2)8-9-16(15)19/h4-11H,3,12-13H2,1-2H3. The molecule has 3 aromatic rings. The number of aryl methyl sites for hydroxylation is 1. The van der Waals surface area contributed by atoms with Gasteiger partial charge in [-0.25, -0.2) is 9.59 Å². The summed E-state index contributed by atoms with van der Waals surface area (Å²) in [7, 11) is 0. The summed E-state index contributed by atoms with van der Waals surface area (Å²) in [5.74, 6) is 0.488. The quantitative estimate of drug-likeness (QED) is 0.468. The first-order valence-electron chi connectivity index (χ1n) is 8.60. The van der Waals surface area contributed by atoms with Gasteiger partial charge >= 0.3 is 11.6 Å². The van der Waals surface area contributed by atoms with Crippen LogP contribution in [0, 0.1) is 6.92 Å². The first kappa shape index (κ1) is 18.5. The lowest BCUT2D eigenvalue weighted by molar-refractivity contribution is -0.147. The highest BCUT2D eigenvalue weighted by Crippen LogP contribution is 2.26. The molecule has 0 radical (unpaired) electrons. The fourth-order valence-corrected chi connectivity index (χ4v) is 2.64. The second-order valence-corrected chi connectivity index (χ2v) is 5.92. The number of hydrogen-bond donors (Lipinski definition) is 0. The number of ether oxygens (including phenoxy) is 3. The second kappa shape index (κ2) is 8.40. The number of hydrogen-bond acceptors (Lipinski definition) is 6. The highest BCUT2D eigenvalue weighted by atomic mass is 16.6. The summed E-state index contributed by atoms with van der Waals surface area (Å²) in [6.45, 7) is 3.97. The van der Waals surface area contributed by atoms with Crippen LogP contribution in [-0.2, 0) is 16.1 Å². The topological polar surface area (TPSA) is 75.0 Å². The van der Waals surface area contributed by atoms with Crippen LogP contribution in [0.15, 0.2) is 57.7 Å². The predicted molar refractivity (Wildman–Crippen MR) is 100 cm³/mol. The summed E-state index contributed by atoms with van der Waals surface area (Å²) >= 11 is 0. The van der Waals surface area contributed by atoms with Crippen molar-refractivity contribution in [2.24, 2.45) is 0 Å². The molecule has 6 heteroatoms. The van der Waals surface area contributed by atoms with Crippen molar-refractivity contribution < 1.29 is 23.4 Å². The molecule has 0 unspecified atom stereocenters. The molecule has 6 nitrogen and oxygen atoms in total. The number of rotatable bonds is 7. The van der Waals surface area contributed by atoms with Crippen LogP contribution in [-0.4, -0.2) is 19.2 Å². The number of benzene rings is 2. The van der Waals surface area contributed by atoms with Gasteiger partial charge < -0.3 is 18.6 Å². The van der Waals surface area contributed by atoms with E-state index in [2.05, 4.69) is 0 Å². The van der Waals surface area contributed by atoms with E-state index in [0.29, 0.717) is 29.3 Å². The van der Waals surface area contributed by atoms with E-state index >= 15 is 0 Å². The minimum absolute atomic E-state index is 0.0412. The summed E-state index contributed by atoms with van der Waals surface area (Å²) in [5, 5.41) is 0.732. The van der Waals surface area contributed by atoms with Gasteiger partial charge in [-0.1, -0.05) is 24.3 Å². The Morgan fingerprint density at radius 1 is 1.04 bits per heavy atom. The molecule has 0 N–H and O–H groups in total. The lowest BCUT2D eigenvalue weighted by atomic mass is 10.1. The van der Waals surface area contributed by atoms with Crippen LogP contribution in [0.2, 0.25) is 0 Å². The van der Waals surface area contributed by atoms with Crippen molar-refractivity contribution in [3.8, 4) is 11.5 Å². The molecule has 0 fully saturated rings. The molecule has 0 aliphatic heterocycles. The summed E-state index contributed by atoms with van der Waals surface area (Å²) in [6, 6.07) is 13.9. The van der Waals surface area contributed by atoms with Gasteiger partial charge in [0.05, 0.1) is 6.61 Å². The number of carbonyl (C=O) groups excluding carboxylic acids is 1. The zero-order valence-electron chi connectivity index (χ0n) is 15.2. The van der Waals surface area contributed by atoms with Gasteiger partial charge in [0, 0.05) is 17.0 Å². The second-order valence-electron chi connectivity index (χ2n) is 5.92. The maximum atomic E-state index is 12.0. The van der Waals surface area contributed by atoms with Crippen LogP contribution < -0.4 is 15.1 Å². The van der Waals surface area contributed by atoms with Crippen molar-refractivity contribution in [1.82, 2.24) is 0 Å². The van der Waals surface area contributed by atoms with Gasteiger partial charge in [-0.15, -0.1) is 0 Å². The van der Waals surface area contributed by atoms with Gasteiger partial charge in [-0.2, -0.15) is 0 Å². The normalized spacial score (nSPS) is 10.6. The minimum atomic E-state index is -0.546. The van der Waals surface area contributed by atoms with Gasteiger partial charge in [0.15, 0.2) is 18.1 Å². The molecule has 0 aliphatic carbocycles. The van der Waals surface area contributed by atoms with Gasteiger partial charge in [0.25, 0.3) is 0 Å². The number of para-hydroxylation sites is 2. The molecule has 0 bridgehead atoms. The lowest BCUT2D eigenvalue weighted by Crippen LogP contribution is -2.15. The molecule has 0 saturated carbocycles. The van der Waals surface area contributed by atoms with E-state index in [4.69, 9.17) is 18.6 Å². The maximum absolute atomic E-state index is 12.0. The fourth-order valence-electron chi connectivity index (χ4n) is 2.64. The molecular weight excluding hydrogens is 348 g/mol. The van der Waals surface area contributed by atoms with E-state index in [1.54, 1.807) is 24.3 Å². The Kier molecular flexibility index (Phi) is 5.76. The van der Waals surface area contributed by atoms with Gasteiger partial charge in [-0.05, 0) is 37.6 Å². The zero-order chi connectivity index (χ0) is 19.2. The Hall–Kier alpha value is -3.28. The van der Waals surface area contributed by atoms with Crippen LogP contribution in [0.25, 0.3) is 11.0 Å². The minimum Gasteiger partial charge on any atom is -0.490 e. The van der Waals surface area contributed by atoms with Crippen LogP contribution in [0.3, 0.4) is 0 Å². The molecule has 3 rings (SSSR count). The van der Waals surface area contributed by atoms with Crippen molar-refractivity contribution in [1.29, 1.82) is 0 Å². The average molecular weight is 368 g/mol. The summed E-state index contributed by atoms with van der Waals surface area (Å²) in [4.78, 5) is 23.8. The monoisotopic (exact) mass is 368 g/mol. The molecule has 0 aliphatic rings. The molecule has 27 heavy (non-hydrogen) atoms. The van der Waals surface area contributed by atoms with E-state index in [0.717, 1.165) is 10.9 Å². The first-order valence-corrected chi connectivity index (χ1v) is 8.60.